The molecule has 2 aromatic heterocycles. The fourth-order valence-electron chi connectivity index (χ4n) is 3.74. The maximum absolute atomic E-state index is 12.6. The van der Waals surface area contributed by atoms with Crippen molar-refractivity contribution in [2.24, 2.45) is 0 Å². The summed E-state index contributed by atoms with van der Waals surface area (Å²) in [5, 5.41) is 0. The van der Waals surface area contributed by atoms with Crippen LogP contribution in [0.1, 0.15) is 41.1 Å². The predicted molar refractivity (Wildman–Crippen MR) is 108 cm³/mol. The van der Waals surface area contributed by atoms with Gasteiger partial charge in [-0.05, 0) is 33.1 Å². The molecule has 2 aliphatic rings. The van der Waals surface area contributed by atoms with Crippen molar-refractivity contribution in [3.63, 3.8) is 0 Å². The van der Waals surface area contributed by atoms with Crippen LogP contribution < -0.4 is 9.80 Å². The van der Waals surface area contributed by atoms with E-state index in [0.717, 1.165) is 49.3 Å². The maximum atomic E-state index is 12.6. The molecule has 0 saturated carbocycles. The highest BCUT2D eigenvalue weighted by molar-refractivity contribution is 5.92. The van der Waals surface area contributed by atoms with E-state index < -0.39 is 0 Å². The van der Waals surface area contributed by atoms with Crippen LogP contribution in [0.4, 0.5) is 11.8 Å². The van der Waals surface area contributed by atoms with Gasteiger partial charge in [-0.2, -0.15) is 4.98 Å². The lowest BCUT2D eigenvalue weighted by Gasteiger charge is -2.36. The first-order valence-electron chi connectivity index (χ1n) is 10.0. The standard InChI is InChI=1S/C20H27N7O/c1-15-12-18(24-20(23-15)27-6-4-3-5-7-27)25-8-10-26(11-9-25)19(28)17-14-21-16(2)13-22-17/h12-14H,3-11H2,1-2H3. The number of carbonyl (C=O) groups excluding carboxylic acids is 1. The molecule has 0 bridgehead atoms. The summed E-state index contributed by atoms with van der Waals surface area (Å²) in [6.45, 7) is 8.75. The maximum Gasteiger partial charge on any atom is 0.274 e. The van der Waals surface area contributed by atoms with Crippen molar-refractivity contribution in [1.82, 2.24) is 24.8 Å². The number of aromatic nitrogens is 4. The molecule has 2 aliphatic heterocycles. The number of nitrogens with zero attached hydrogens (tertiary/aromatic N) is 7. The van der Waals surface area contributed by atoms with Gasteiger partial charge in [0.25, 0.3) is 5.91 Å². The van der Waals surface area contributed by atoms with Crippen LogP contribution in [0.15, 0.2) is 18.5 Å². The van der Waals surface area contributed by atoms with E-state index in [1.165, 1.54) is 19.3 Å². The fraction of sp³-hybridized carbons (Fsp3) is 0.550. The Hall–Kier alpha value is -2.77. The Morgan fingerprint density at radius 1 is 0.821 bits per heavy atom. The van der Waals surface area contributed by atoms with Gasteiger partial charge in [-0.25, -0.2) is 9.97 Å². The molecule has 2 saturated heterocycles. The minimum absolute atomic E-state index is 0.0555. The summed E-state index contributed by atoms with van der Waals surface area (Å²) >= 11 is 0. The van der Waals surface area contributed by atoms with Crippen molar-refractivity contribution in [3.8, 4) is 0 Å². The number of piperazine rings is 1. The van der Waals surface area contributed by atoms with E-state index in [1.54, 1.807) is 12.4 Å². The molecule has 0 atom stereocenters. The molecule has 0 aliphatic carbocycles. The Labute approximate surface area is 165 Å². The lowest BCUT2D eigenvalue weighted by molar-refractivity contribution is 0.0740. The molecule has 0 spiro atoms. The molecule has 0 aromatic carbocycles. The topological polar surface area (TPSA) is 78.4 Å². The quantitative estimate of drug-likeness (QED) is 0.803. The van der Waals surface area contributed by atoms with E-state index in [4.69, 9.17) is 4.98 Å². The molecule has 2 fully saturated rings. The summed E-state index contributed by atoms with van der Waals surface area (Å²) in [7, 11) is 0. The SMILES string of the molecule is Cc1cnc(C(=O)N2CCN(c3cc(C)nc(N4CCCCC4)n3)CC2)cn1. The van der Waals surface area contributed by atoms with Crippen LogP contribution >= 0.6 is 0 Å². The third-order valence-corrected chi connectivity index (χ3v) is 5.36. The Morgan fingerprint density at radius 3 is 2.25 bits per heavy atom. The lowest BCUT2D eigenvalue weighted by atomic mass is 10.1. The van der Waals surface area contributed by atoms with Gasteiger partial charge >= 0.3 is 0 Å². The molecule has 1 amide bonds. The smallest absolute Gasteiger partial charge is 0.274 e. The number of rotatable bonds is 3. The summed E-state index contributed by atoms with van der Waals surface area (Å²) in [5.41, 5.74) is 2.20. The van der Waals surface area contributed by atoms with Crippen molar-refractivity contribution in [2.45, 2.75) is 33.1 Å². The van der Waals surface area contributed by atoms with Crippen LogP contribution in [0.5, 0.6) is 0 Å². The minimum atomic E-state index is -0.0555. The summed E-state index contributed by atoms with van der Waals surface area (Å²) in [4.78, 5) is 36.9. The van der Waals surface area contributed by atoms with E-state index in [2.05, 4.69) is 24.8 Å². The molecule has 28 heavy (non-hydrogen) atoms. The van der Waals surface area contributed by atoms with Crippen molar-refractivity contribution in [1.29, 1.82) is 0 Å². The van der Waals surface area contributed by atoms with Gasteiger partial charge in [0.05, 0.1) is 11.9 Å². The Bertz CT molecular complexity index is 825. The van der Waals surface area contributed by atoms with E-state index in [1.807, 2.05) is 24.8 Å². The number of hydrogen-bond donors (Lipinski definition) is 0. The van der Waals surface area contributed by atoms with E-state index in [0.29, 0.717) is 18.8 Å². The highest BCUT2D eigenvalue weighted by atomic mass is 16.2. The molecule has 2 aromatic rings. The second kappa shape index (κ2) is 8.08. The Balaban J connectivity index is 1.42. The zero-order chi connectivity index (χ0) is 19.5. The molecule has 4 heterocycles. The molecule has 148 valence electrons. The predicted octanol–water partition coefficient (Wildman–Crippen LogP) is 1.84. The van der Waals surface area contributed by atoms with Gasteiger partial charge in [0, 0.05) is 57.2 Å². The summed E-state index contributed by atoms with van der Waals surface area (Å²) < 4.78 is 0. The average Bonchev–Trinajstić information content (AvgIpc) is 2.74. The molecule has 0 unspecified atom stereocenters. The van der Waals surface area contributed by atoms with Gasteiger partial charge in [0.1, 0.15) is 11.5 Å². The zero-order valence-electron chi connectivity index (χ0n) is 16.6. The molecule has 0 N–H and O–H groups in total. The highest BCUT2D eigenvalue weighted by Gasteiger charge is 2.25. The number of hydrogen-bond acceptors (Lipinski definition) is 7. The number of piperidine rings is 1. The molecular weight excluding hydrogens is 354 g/mol. The minimum Gasteiger partial charge on any atom is -0.353 e. The second-order valence-corrected chi connectivity index (χ2v) is 7.54. The van der Waals surface area contributed by atoms with Crippen LogP contribution in [-0.2, 0) is 0 Å². The average molecular weight is 381 g/mol. The third-order valence-electron chi connectivity index (χ3n) is 5.36. The van der Waals surface area contributed by atoms with Crippen LogP contribution in [-0.4, -0.2) is 70.0 Å². The van der Waals surface area contributed by atoms with E-state index >= 15 is 0 Å². The van der Waals surface area contributed by atoms with Gasteiger partial charge < -0.3 is 14.7 Å². The number of anilines is 2. The summed E-state index contributed by atoms with van der Waals surface area (Å²) in [6, 6.07) is 2.04. The molecule has 8 heteroatoms. The van der Waals surface area contributed by atoms with E-state index in [-0.39, 0.29) is 5.91 Å². The molecule has 8 nitrogen and oxygen atoms in total. The van der Waals surface area contributed by atoms with Gasteiger partial charge in [0.2, 0.25) is 5.95 Å². The Morgan fingerprint density at radius 2 is 1.57 bits per heavy atom. The van der Waals surface area contributed by atoms with Gasteiger partial charge in [-0.15, -0.1) is 0 Å². The molecule has 4 rings (SSSR count). The van der Waals surface area contributed by atoms with Crippen molar-refractivity contribution >= 4 is 17.7 Å². The van der Waals surface area contributed by atoms with E-state index in [9.17, 15) is 4.79 Å². The zero-order valence-corrected chi connectivity index (χ0v) is 16.6. The second-order valence-electron chi connectivity index (χ2n) is 7.54. The number of amides is 1. The highest BCUT2D eigenvalue weighted by Crippen LogP contribution is 2.22. The number of carbonyl (C=O) groups is 1. The van der Waals surface area contributed by atoms with Crippen molar-refractivity contribution < 1.29 is 4.79 Å². The van der Waals surface area contributed by atoms with Gasteiger partial charge in [0.15, 0.2) is 0 Å². The molecule has 0 radical (unpaired) electrons. The lowest BCUT2D eigenvalue weighted by Crippen LogP contribution is -2.49. The van der Waals surface area contributed by atoms with Crippen LogP contribution in [0.25, 0.3) is 0 Å². The van der Waals surface area contributed by atoms with Crippen LogP contribution in [0, 0.1) is 13.8 Å². The monoisotopic (exact) mass is 381 g/mol. The van der Waals surface area contributed by atoms with Crippen LogP contribution in [0.2, 0.25) is 0 Å². The summed E-state index contributed by atoms with van der Waals surface area (Å²) in [6.07, 6.45) is 6.89. The van der Waals surface area contributed by atoms with Gasteiger partial charge in [-0.1, -0.05) is 0 Å². The number of aryl methyl sites for hydroxylation is 2. The van der Waals surface area contributed by atoms with Crippen molar-refractivity contribution in [2.75, 3.05) is 49.1 Å². The first-order chi connectivity index (χ1) is 13.6. The normalized spacial score (nSPS) is 17.7. The molecular formula is C20H27N7O. The fourth-order valence-corrected chi connectivity index (χ4v) is 3.74. The summed E-state index contributed by atoms with van der Waals surface area (Å²) in [5.74, 6) is 1.73. The van der Waals surface area contributed by atoms with Crippen molar-refractivity contribution in [3.05, 3.63) is 35.5 Å². The third kappa shape index (κ3) is 4.05. The first kappa shape index (κ1) is 18.6. The Kier molecular flexibility index (Phi) is 5.36. The largest absolute Gasteiger partial charge is 0.353 e. The first-order valence-corrected chi connectivity index (χ1v) is 10.0. The van der Waals surface area contributed by atoms with Crippen LogP contribution in [0.3, 0.4) is 0 Å². The van der Waals surface area contributed by atoms with Gasteiger partial charge in [-0.3, -0.25) is 9.78 Å².